The average Bonchev–Trinajstić information content (AvgIpc) is 2.80. The molecule has 7 heteroatoms. The lowest BCUT2D eigenvalue weighted by molar-refractivity contribution is -0.207. The second-order valence-corrected chi connectivity index (χ2v) is 5.70. The van der Waals surface area contributed by atoms with Crippen molar-refractivity contribution in [1.82, 2.24) is 4.90 Å². The highest BCUT2D eigenvalue weighted by molar-refractivity contribution is 5.88. The highest BCUT2D eigenvalue weighted by Gasteiger charge is 2.39. The molecular weight excluding hydrogens is 311 g/mol. The van der Waals surface area contributed by atoms with Crippen LogP contribution in [0.4, 0.5) is 13.2 Å². The number of halogens is 3. The molecule has 0 saturated carbocycles. The second kappa shape index (κ2) is 6.23. The topological polar surface area (TPSA) is 53.7 Å². The minimum atomic E-state index is -4.74. The van der Waals surface area contributed by atoms with Gasteiger partial charge < -0.3 is 14.4 Å². The fourth-order valence-electron chi connectivity index (χ4n) is 2.24. The van der Waals surface area contributed by atoms with E-state index in [2.05, 4.69) is 0 Å². The van der Waals surface area contributed by atoms with Crippen LogP contribution < -0.4 is 0 Å². The van der Waals surface area contributed by atoms with Crippen LogP contribution in [0.1, 0.15) is 16.7 Å². The van der Waals surface area contributed by atoms with Crippen molar-refractivity contribution < 1.29 is 27.5 Å². The molecule has 4 nitrogen and oxygen atoms in total. The Labute approximate surface area is 131 Å². The molecular formula is C16H18F3NO3. The van der Waals surface area contributed by atoms with Crippen molar-refractivity contribution in [3.05, 3.63) is 35.1 Å². The molecule has 2 rings (SSSR count). The van der Waals surface area contributed by atoms with E-state index in [0.717, 1.165) is 21.4 Å². The van der Waals surface area contributed by atoms with Crippen LogP contribution in [0.3, 0.4) is 0 Å². The van der Waals surface area contributed by atoms with Gasteiger partial charge in [-0.3, -0.25) is 4.79 Å². The van der Waals surface area contributed by atoms with Crippen molar-refractivity contribution in [2.24, 2.45) is 0 Å². The first-order valence-corrected chi connectivity index (χ1v) is 7.05. The van der Waals surface area contributed by atoms with Crippen molar-refractivity contribution in [2.75, 3.05) is 13.6 Å². The SMILES string of the molecule is Cc1cc2occ(CC(=O)N(C)CC(O)C(F)(F)F)c2cc1C. The number of aliphatic hydroxyl groups excluding tert-OH is 1. The summed E-state index contributed by atoms with van der Waals surface area (Å²) in [7, 11) is 1.23. The van der Waals surface area contributed by atoms with Gasteiger partial charge in [0.25, 0.3) is 0 Å². The fourth-order valence-corrected chi connectivity index (χ4v) is 2.24. The summed E-state index contributed by atoms with van der Waals surface area (Å²) in [5, 5.41) is 9.80. The Morgan fingerprint density at radius 2 is 1.91 bits per heavy atom. The van der Waals surface area contributed by atoms with Gasteiger partial charge in [-0.05, 0) is 37.1 Å². The average molecular weight is 329 g/mol. The van der Waals surface area contributed by atoms with Crippen LogP contribution in [-0.2, 0) is 11.2 Å². The number of carbonyl (C=O) groups is 1. The Morgan fingerprint density at radius 1 is 1.30 bits per heavy atom. The van der Waals surface area contributed by atoms with Crippen molar-refractivity contribution in [1.29, 1.82) is 0 Å². The molecule has 1 atom stereocenters. The van der Waals surface area contributed by atoms with Gasteiger partial charge in [-0.1, -0.05) is 0 Å². The number of rotatable bonds is 4. The molecule has 1 unspecified atom stereocenters. The van der Waals surface area contributed by atoms with Gasteiger partial charge in [-0.15, -0.1) is 0 Å². The summed E-state index contributed by atoms with van der Waals surface area (Å²) in [4.78, 5) is 12.9. The summed E-state index contributed by atoms with van der Waals surface area (Å²) < 4.78 is 42.4. The molecule has 1 aromatic carbocycles. The number of likely N-dealkylation sites (N-methyl/N-ethyl adjacent to an activating group) is 1. The molecule has 1 heterocycles. The molecule has 1 amide bonds. The Kier molecular flexibility index (Phi) is 4.70. The van der Waals surface area contributed by atoms with Crippen molar-refractivity contribution in [2.45, 2.75) is 32.5 Å². The zero-order chi connectivity index (χ0) is 17.4. The van der Waals surface area contributed by atoms with Crippen LogP contribution in [0.25, 0.3) is 11.0 Å². The minimum Gasteiger partial charge on any atom is -0.464 e. The number of alkyl halides is 3. The normalized spacial score (nSPS) is 13.3. The van der Waals surface area contributed by atoms with E-state index >= 15 is 0 Å². The predicted octanol–water partition coefficient (Wildman–Crippen LogP) is 2.97. The molecule has 0 fully saturated rings. The van der Waals surface area contributed by atoms with Gasteiger partial charge in [0.05, 0.1) is 19.2 Å². The van der Waals surface area contributed by atoms with Crippen LogP contribution in [0.5, 0.6) is 0 Å². The number of hydrogen-bond acceptors (Lipinski definition) is 3. The molecule has 1 aromatic heterocycles. The first-order chi connectivity index (χ1) is 10.6. The smallest absolute Gasteiger partial charge is 0.416 e. The van der Waals surface area contributed by atoms with Crippen molar-refractivity contribution in [3.8, 4) is 0 Å². The van der Waals surface area contributed by atoms with Gasteiger partial charge in [0.15, 0.2) is 6.10 Å². The largest absolute Gasteiger partial charge is 0.464 e. The van der Waals surface area contributed by atoms with Crippen LogP contribution >= 0.6 is 0 Å². The Morgan fingerprint density at radius 3 is 2.52 bits per heavy atom. The molecule has 0 saturated heterocycles. The third-order valence-corrected chi connectivity index (χ3v) is 3.86. The van der Waals surface area contributed by atoms with Crippen LogP contribution in [0.15, 0.2) is 22.8 Å². The predicted molar refractivity (Wildman–Crippen MR) is 79.1 cm³/mol. The van der Waals surface area contributed by atoms with Gasteiger partial charge >= 0.3 is 6.18 Å². The Balaban J connectivity index is 2.13. The van der Waals surface area contributed by atoms with E-state index in [-0.39, 0.29) is 6.42 Å². The molecule has 0 aliphatic heterocycles. The van der Waals surface area contributed by atoms with Crippen LogP contribution in [-0.4, -0.2) is 41.8 Å². The van der Waals surface area contributed by atoms with Gasteiger partial charge in [0.1, 0.15) is 5.58 Å². The first kappa shape index (κ1) is 17.3. The molecule has 126 valence electrons. The highest BCUT2D eigenvalue weighted by atomic mass is 19.4. The number of benzene rings is 1. The van der Waals surface area contributed by atoms with Crippen molar-refractivity contribution >= 4 is 16.9 Å². The quantitative estimate of drug-likeness (QED) is 0.938. The minimum absolute atomic E-state index is 0.0867. The van der Waals surface area contributed by atoms with Gasteiger partial charge in [-0.25, -0.2) is 0 Å². The number of carbonyl (C=O) groups excluding carboxylic acids is 1. The molecule has 23 heavy (non-hydrogen) atoms. The summed E-state index contributed by atoms with van der Waals surface area (Å²) >= 11 is 0. The lowest BCUT2D eigenvalue weighted by Gasteiger charge is -2.22. The monoisotopic (exact) mass is 329 g/mol. The maximum atomic E-state index is 12.3. The summed E-state index contributed by atoms with van der Waals surface area (Å²) in [5.74, 6) is -0.519. The van der Waals surface area contributed by atoms with E-state index in [1.165, 1.54) is 13.3 Å². The highest BCUT2D eigenvalue weighted by Crippen LogP contribution is 2.26. The summed E-state index contributed by atoms with van der Waals surface area (Å²) in [5.41, 5.74) is 3.33. The van der Waals surface area contributed by atoms with E-state index < -0.39 is 24.7 Å². The van der Waals surface area contributed by atoms with Crippen molar-refractivity contribution in [3.63, 3.8) is 0 Å². The molecule has 0 spiro atoms. The third-order valence-electron chi connectivity index (χ3n) is 3.86. The fraction of sp³-hybridized carbons (Fsp3) is 0.438. The first-order valence-electron chi connectivity index (χ1n) is 7.05. The number of aliphatic hydroxyl groups is 1. The molecule has 0 aliphatic carbocycles. The van der Waals surface area contributed by atoms with Gasteiger partial charge in [-0.2, -0.15) is 13.2 Å². The molecule has 0 radical (unpaired) electrons. The number of amides is 1. The summed E-state index contributed by atoms with van der Waals surface area (Å²) in [6.07, 6.45) is -5.94. The maximum Gasteiger partial charge on any atom is 0.416 e. The number of hydrogen-bond donors (Lipinski definition) is 1. The van der Waals surface area contributed by atoms with E-state index in [9.17, 15) is 18.0 Å². The molecule has 1 N–H and O–H groups in total. The van der Waals surface area contributed by atoms with E-state index in [0.29, 0.717) is 11.1 Å². The molecule has 0 aliphatic rings. The van der Waals surface area contributed by atoms with Gasteiger partial charge in [0.2, 0.25) is 5.91 Å². The van der Waals surface area contributed by atoms with Crippen LogP contribution in [0, 0.1) is 13.8 Å². The Bertz CT molecular complexity index is 721. The number of fused-ring (bicyclic) bond motifs is 1. The van der Waals surface area contributed by atoms with Crippen LogP contribution in [0.2, 0.25) is 0 Å². The summed E-state index contributed by atoms with van der Waals surface area (Å²) in [6.45, 7) is 3.07. The third kappa shape index (κ3) is 3.85. The molecule has 2 aromatic rings. The number of nitrogens with zero attached hydrogens (tertiary/aromatic N) is 1. The second-order valence-electron chi connectivity index (χ2n) is 5.70. The van der Waals surface area contributed by atoms with E-state index in [1.807, 2.05) is 26.0 Å². The van der Waals surface area contributed by atoms with E-state index in [4.69, 9.17) is 9.52 Å². The molecule has 0 bridgehead atoms. The lowest BCUT2D eigenvalue weighted by Crippen LogP contribution is -2.42. The number of furan rings is 1. The lowest BCUT2D eigenvalue weighted by atomic mass is 10.0. The Hall–Kier alpha value is -2.02. The zero-order valence-electron chi connectivity index (χ0n) is 13.1. The standard InChI is InChI=1S/C16H18F3NO3/c1-9-4-12-11(8-23-13(12)5-10(9)2)6-15(22)20(3)7-14(21)16(17,18)19/h4-5,8,14,21H,6-7H2,1-3H3. The van der Waals surface area contributed by atoms with E-state index in [1.54, 1.807) is 0 Å². The maximum absolute atomic E-state index is 12.3. The number of aryl methyl sites for hydroxylation is 2. The zero-order valence-corrected chi connectivity index (χ0v) is 13.1. The summed E-state index contributed by atoms with van der Waals surface area (Å²) in [6, 6.07) is 3.75. The van der Waals surface area contributed by atoms with Gasteiger partial charge in [0, 0.05) is 18.0 Å².